The summed E-state index contributed by atoms with van der Waals surface area (Å²) in [6.07, 6.45) is 6.63. The summed E-state index contributed by atoms with van der Waals surface area (Å²) < 4.78 is 28.9. The molecule has 0 saturated carbocycles. The largest absolute Gasteiger partial charge is 0.493 e. The van der Waals surface area contributed by atoms with Crippen LogP contribution >= 0.6 is 0 Å². The SMILES string of the molecule is CCCc1c(OCCCCCOc2cccc(OCCCCC(=O)OCC)c2CCC(=O)O)ccc2c1OCCC2=O. The van der Waals surface area contributed by atoms with Gasteiger partial charge in [0.2, 0.25) is 0 Å². The van der Waals surface area contributed by atoms with Gasteiger partial charge in [-0.05, 0) is 76.1 Å². The standard InChI is InChI=1S/C33H44O9/c1-3-11-26-30(17-15-24-27(34)19-23-42-33(24)26)41-21-8-5-7-20-39-28-12-10-13-29(25(28)16-18-31(35)36)40-22-9-6-14-32(37)38-4-2/h10,12-13,15,17H,3-9,11,14,16,18-23H2,1-2H3,(H,35,36). The lowest BCUT2D eigenvalue weighted by Gasteiger charge is -2.22. The molecular weight excluding hydrogens is 540 g/mol. The summed E-state index contributed by atoms with van der Waals surface area (Å²) in [6.45, 7) is 6.11. The molecule has 0 aromatic heterocycles. The van der Waals surface area contributed by atoms with Crippen molar-refractivity contribution in [3.05, 3.63) is 47.0 Å². The lowest BCUT2D eigenvalue weighted by atomic mass is 9.98. The zero-order valence-electron chi connectivity index (χ0n) is 24.9. The van der Waals surface area contributed by atoms with E-state index >= 15 is 0 Å². The number of carbonyl (C=O) groups excluding carboxylic acids is 2. The van der Waals surface area contributed by atoms with Crippen LogP contribution in [-0.4, -0.2) is 55.9 Å². The van der Waals surface area contributed by atoms with Crippen molar-refractivity contribution in [2.75, 3.05) is 33.0 Å². The van der Waals surface area contributed by atoms with Crippen molar-refractivity contribution in [2.45, 2.75) is 84.5 Å². The second-order valence-electron chi connectivity index (χ2n) is 10.2. The summed E-state index contributed by atoms with van der Waals surface area (Å²) >= 11 is 0. The van der Waals surface area contributed by atoms with Gasteiger partial charge in [0.25, 0.3) is 0 Å². The molecule has 0 atom stereocenters. The quantitative estimate of drug-likeness (QED) is 0.140. The van der Waals surface area contributed by atoms with Gasteiger partial charge in [-0.3, -0.25) is 14.4 Å². The molecule has 2 aromatic carbocycles. The molecule has 1 aliphatic heterocycles. The summed E-state index contributed by atoms with van der Waals surface area (Å²) in [7, 11) is 0. The predicted octanol–water partition coefficient (Wildman–Crippen LogP) is 6.36. The number of hydrogen-bond donors (Lipinski definition) is 1. The van der Waals surface area contributed by atoms with Gasteiger partial charge in [-0.25, -0.2) is 0 Å². The lowest BCUT2D eigenvalue weighted by molar-refractivity contribution is -0.143. The van der Waals surface area contributed by atoms with Crippen LogP contribution in [0.15, 0.2) is 30.3 Å². The van der Waals surface area contributed by atoms with Gasteiger partial charge >= 0.3 is 11.9 Å². The minimum Gasteiger partial charge on any atom is -0.493 e. The first-order valence-corrected chi connectivity index (χ1v) is 15.1. The summed E-state index contributed by atoms with van der Waals surface area (Å²) in [5.74, 6) is 1.72. The summed E-state index contributed by atoms with van der Waals surface area (Å²) in [5.41, 5.74) is 2.37. The molecule has 42 heavy (non-hydrogen) atoms. The molecule has 1 heterocycles. The zero-order valence-corrected chi connectivity index (χ0v) is 24.9. The van der Waals surface area contributed by atoms with Crippen LogP contribution in [0.5, 0.6) is 23.0 Å². The van der Waals surface area contributed by atoms with Crippen molar-refractivity contribution in [3.8, 4) is 23.0 Å². The number of rotatable bonds is 20. The molecule has 2 aromatic rings. The van der Waals surface area contributed by atoms with E-state index in [1.807, 2.05) is 30.3 Å². The topological polar surface area (TPSA) is 118 Å². The highest BCUT2D eigenvalue weighted by Crippen LogP contribution is 2.36. The maximum atomic E-state index is 12.3. The van der Waals surface area contributed by atoms with Crippen molar-refractivity contribution < 1.29 is 43.2 Å². The third-order valence-corrected chi connectivity index (χ3v) is 6.91. The van der Waals surface area contributed by atoms with Crippen LogP contribution in [0.2, 0.25) is 0 Å². The van der Waals surface area contributed by atoms with Crippen molar-refractivity contribution in [1.82, 2.24) is 0 Å². The first-order valence-electron chi connectivity index (χ1n) is 15.1. The predicted molar refractivity (Wildman–Crippen MR) is 158 cm³/mol. The Bertz CT molecular complexity index is 1170. The summed E-state index contributed by atoms with van der Waals surface area (Å²) in [5, 5.41) is 9.24. The van der Waals surface area contributed by atoms with Crippen molar-refractivity contribution in [3.63, 3.8) is 0 Å². The number of unbranched alkanes of at least 4 members (excludes halogenated alkanes) is 3. The number of fused-ring (bicyclic) bond motifs is 1. The number of ether oxygens (including phenoxy) is 5. The maximum Gasteiger partial charge on any atom is 0.305 e. The molecule has 0 amide bonds. The van der Waals surface area contributed by atoms with Gasteiger partial charge in [0.05, 0.1) is 38.6 Å². The van der Waals surface area contributed by atoms with Gasteiger partial charge in [0, 0.05) is 30.4 Å². The highest BCUT2D eigenvalue weighted by atomic mass is 16.5. The van der Waals surface area contributed by atoms with E-state index in [2.05, 4.69) is 6.92 Å². The van der Waals surface area contributed by atoms with E-state index in [9.17, 15) is 19.5 Å². The molecule has 230 valence electrons. The maximum absolute atomic E-state index is 12.3. The normalized spacial score (nSPS) is 12.3. The highest BCUT2D eigenvalue weighted by Gasteiger charge is 2.23. The fourth-order valence-electron chi connectivity index (χ4n) is 4.82. The van der Waals surface area contributed by atoms with Gasteiger partial charge in [-0.15, -0.1) is 0 Å². The highest BCUT2D eigenvalue weighted by molar-refractivity contribution is 6.00. The average Bonchev–Trinajstić information content (AvgIpc) is 2.97. The molecule has 0 fully saturated rings. The number of carboxylic acids is 1. The Kier molecular flexibility index (Phi) is 14.0. The number of esters is 1. The van der Waals surface area contributed by atoms with Crippen LogP contribution in [0.3, 0.4) is 0 Å². The first-order chi connectivity index (χ1) is 20.4. The number of Topliss-reactive ketones (excluding diaryl/α,β-unsaturated/α-hetero) is 1. The molecule has 0 spiro atoms. The molecule has 0 unspecified atom stereocenters. The van der Waals surface area contributed by atoms with Crippen LogP contribution in [0.25, 0.3) is 0 Å². The average molecular weight is 585 g/mol. The van der Waals surface area contributed by atoms with Gasteiger partial charge < -0.3 is 28.8 Å². The number of carbonyl (C=O) groups is 3. The van der Waals surface area contributed by atoms with E-state index in [0.717, 1.165) is 49.0 Å². The fraction of sp³-hybridized carbons (Fsp3) is 0.545. The molecule has 1 aliphatic rings. The second kappa shape index (κ2) is 17.9. The minimum atomic E-state index is -0.885. The van der Waals surface area contributed by atoms with E-state index in [4.69, 9.17) is 23.7 Å². The first kappa shape index (κ1) is 32.8. The summed E-state index contributed by atoms with van der Waals surface area (Å²) in [4.78, 5) is 35.0. The Morgan fingerprint density at radius 2 is 1.45 bits per heavy atom. The second-order valence-corrected chi connectivity index (χ2v) is 10.2. The molecule has 0 bridgehead atoms. The molecule has 0 saturated heterocycles. The Morgan fingerprint density at radius 1 is 0.810 bits per heavy atom. The number of aliphatic carboxylic acids is 1. The fourth-order valence-corrected chi connectivity index (χ4v) is 4.82. The summed E-state index contributed by atoms with van der Waals surface area (Å²) in [6, 6.07) is 9.19. The van der Waals surface area contributed by atoms with E-state index in [-0.39, 0.29) is 18.2 Å². The minimum absolute atomic E-state index is 0.0289. The van der Waals surface area contributed by atoms with E-state index < -0.39 is 5.97 Å². The third-order valence-electron chi connectivity index (χ3n) is 6.91. The van der Waals surface area contributed by atoms with E-state index in [1.165, 1.54) is 0 Å². The Hall–Kier alpha value is -3.75. The van der Waals surface area contributed by atoms with Gasteiger partial charge in [0.15, 0.2) is 5.78 Å². The molecule has 3 rings (SSSR count). The lowest BCUT2D eigenvalue weighted by Crippen LogP contribution is -2.17. The molecule has 9 nitrogen and oxygen atoms in total. The van der Waals surface area contributed by atoms with Gasteiger partial charge in [-0.2, -0.15) is 0 Å². The molecule has 1 N–H and O–H groups in total. The number of ketones is 1. The Morgan fingerprint density at radius 3 is 2.07 bits per heavy atom. The van der Waals surface area contributed by atoms with Crippen LogP contribution in [0, 0.1) is 0 Å². The zero-order chi connectivity index (χ0) is 30.2. The molecular formula is C33H44O9. The van der Waals surface area contributed by atoms with Crippen molar-refractivity contribution >= 4 is 17.7 Å². The molecule has 9 heteroatoms. The van der Waals surface area contributed by atoms with Crippen molar-refractivity contribution in [2.24, 2.45) is 0 Å². The van der Waals surface area contributed by atoms with Gasteiger partial charge in [-0.1, -0.05) is 19.4 Å². The van der Waals surface area contributed by atoms with Gasteiger partial charge in [0.1, 0.15) is 23.0 Å². The monoisotopic (exact) mass is 584 g/mol. The van der Waals surface area contributed by atoms with Crippen LogP contribution in [0.4, 0.5) is 0 Å². The Balaban J connectivity index is 1.46. The number of carboxylic acid groups (broad SMARTS) is 1. The van der Waals surface area contributed by atoms with E-state index in [0.29, 0.717) is 88.0 Å². The Labute approximate surface area is 248 Å². The third kappa shape index (κ3) is 10.3. The number of benzene rings is 2. The van der Waals surface area contributed by atoms with Crippen LogP contribution in [-0.2, 0) is 27.2 Å². The number of hydrogen-bond acceptors (Lipinski definition) is 8. The molecule has 0 aliphatic carbocycles. The van der Waals surface area contributed by atoms with Crippen molar-refractivity contribution in [1.29, 1.82) is 0 Å². The van der Waals surface area contributed by atoms with E-state index in [1.54, 1.807) is 6.92 Å². The van der Waals surface area contributed by atoms with Crippen LogP contribution in [0.1, 0.15) is 93.1 Å². The molecule has 0 radical (unpaired) electrons. The van der Waals surface area contributed by atoms with Crippen LogP contribution < -0.4 is 18.9 Å². The smallest absolute Gasteiger partial charge is 0.305 e.